The fourth-order valence-electron chi connectivity index (χ4n) is 2.92. The monoisotopic (exact) mass is 348 g/mol. The number of likely N-dealkylation sites (N-methyl/N-ethyl adjacent to an activating group) is 1. The average molecular weight is 349 g/mol. The third-order valence-electron chi connectivity index (χ3n) is 4.26. The van der Waals surface area contributed by atoms with Gasteiger partial charge in [0.15, 0.2) is 0 Å². The van der Waals surface area contributed by atoms with Gasteiger partial charge in [-0.25, -0.2) is 0 Å². The first-order valence-electron chi connectivity index (χ1n) is 7.70. The number of fused-ring (bicyclic) bond motifs is 1. The van der Waals surface area contributed by atoms with Gasteiger partial charge in [-0.2, -0.15) is 0 Å². The highest BCUT2D eigenvalue weighted by atomic mass is 35.5. The molecule has 0 aromatic heterocycles. The van der Waals surface area contributed by atoms with Gasteiger partial charge in [0.25, 0.3) is 0 Å². The summed E-state index contributed by atoms with van der Waals surface area (Å²) in [7, 11) is 4.10. The van der Waals surface area contributed by atoms with Crippen LogP contribution in [0.4, 0.5) is 0 Å². The van der Waals surface area contributed by atoms with Crippen molar-refractivity contribution in [3.63, 3.8) is 0 Å². The molecule has 4 heteroatoms. The molecule has 23 heavy (non-hydrogen) atoms. The summed E-state index contributed by atoms with van der Waals surface area (Å²) >= 11 is 6.44. The van der Waals surface area contributed by atoms with Crippen LogP contribution in [-0.4, -0.2) is 24.8 Å². The van der Waals surface area contributed by atoms with E-state index in [-0.39, 0.29) is 18.4 Å². The lowest BCUT2D eigenvalue weighted by Gasteiger charge is -2.28. The van der Waals surface area contributed by atoms with Gasteiger partial charge in [0.2, 0.25) is 0 Å². The lowest BCUT2D eigenvalue weighted by Crippen LogP contribution is -2.29. The third-order valence-corrected chi connectivity index (χ3v) is 4.60. The summed E-state index contributed by atoms with van der Waals surface area (Å²) in [6.45, 7) is 2.18. The maximum absolute atomic E-state index is 6.44. The van der Waals surface area contributed by atoms with Gasteiger partial charge in [-0.05, 0) is 34.7 Å². The van der Waals surface area contributed by atoms with E-state index in [0.717, 1.165) is 29.3 Å². The van der Waals surface area contributed by atoms with Crippen LogP contribution in [-0.2, 0) is 12.8 Å². The average Bonchev–Trinajstić information content (AvgIpc) is 2.53. The molecule has 0 amide bonds. The molecular formula is C19H22Cl2N2. The van der Waals surface area contributed by atoms with Crippen LogP contribution in [0, 0.1) is 0 Å². The maximum Gasteiger partial charge on any atom is 0.104 e. The summed E-state index contributed by atoms with van der Waals surface area (Å²) in [5, 5.41) is 0.782. The normalized spacial score (nSPS) is 16.2. The van der Waals surface area contributed by atoms with Crippen LogP contribution in [0.1, 0.15) is 35.2 Å². The number of hydrogen-bond acceptors (Lipinski definition) is 2. The summed E-state index contributed by atoms with van der Waals surface area (Å²) in [5.74, 6) is 1.10. The van der Waals surface area contributed by atoms with E-state index in [1.54, 1.807) is 0 Å². The number of hydrogen-bond donors (Lipinski definition) is 0. The Labute approximate surface area is 149 Å². The van der Waals surface area contributed by atoms with Gasteiger partial charge in [0, 0.05) is 25.5 Å². The first kappa shape index (κ1) is 17.8. The Morgan fingerprint density at radius 2 is 1.87 bits per heavy atom. The number of aliphatic imine (C=N–C) groups is 1. The van der Waals surface area contributed by atoms with E-state index in [2.05, 4.69) is 36.1 Å². The second-order valence-corrected chi connectivity index (χ2v) is 6.33. The SMILES string of the molecule is CCc1ccc2c(c1)C(c1ccccc1Cl)N=C(N(C)C)C2.Cl. The minimum absolute atomic E-state index is 0. The van der Waals surface area contributed by atoms with Gasteiger partial charge < -0.3 is 4.90 Å². The zero-order valence-corrected chi connectivity index (χ0v) is 15.3. The molecule has 0 saturated heterocycles. The largest absolute Gasteiger partial charge is 0.366 e. The molecule has 2 aromatic rings. The molecular weight excluding hydrogens is 327 g/mol. The van der Waals surface area contributed by atoms with Crippen LogP contribution in [0.5, 0.6) is 0 Å². The Kier molecular flexibility index (Phi) is 5.72. The second-order valence-electron chi connectivity index (χ2n) is 5.93. The Bertz CT molecular complexity index is 723. The number of rotatable bonds is 2. The first-order chi connectivity index (χ1) is 10.6. The summed E-state index contributed by atoms with van der Waals surface area (Å²) in [6.07, 6.45) is 1.92. The smallest absolute Gasteiger partial charge is 0.104 e. The summed E-state index contributed by atoms with van der Waals surface area (Å²) in [4.78, 5) is 7.08. The zero-order valence-electron chi connectivity index (χ0n) is 13.7. The first-order valence-corrected chi connectivity index (χ1v) is 8.08. The van der Waals surface area contributed by atoms with Crippen molar-refractivity contribution in [1.29, 1.82) is 0 Å². The molecule has 0 radical (unpaired) electrons. The van der Waals surface area contributed by atoms with Crippen molar-refractivity contribution in [2.45, 2.75) is 25.8 Å². The summed E-state index contributed by atoms with van der Waals surface area (Å²) in [5.41, 5.74) is 5.07. The van der Waals surface area contributed by atoms with E-state index >= 15 is 0 Å². The molecule has 0 saturated carbocycles. The molecule has 0 bridgehead atoms. The van der Waals surface area contributed by atoms with Crippen molar-refractivity contribution in [2.75, 3.05) is 14.1 Å². The highest BCUT2D eigenvalue weighted by Gasteiger charge is 2.25. The molecule has 1 unspecified atom stereocenters. The summed E-state index contributed by atoms with van der Waals surface area (Å²) < 4.78 is 0. The fraction of sp³-hybridized carbons (Fsp3) is 0.316. The molecule has 0 fully saturated rings. The van der Waals surface area contributed by atoms with Gasteiger partial charge in [0.05, 0.1) is 0 Å². The van der Waals surface area contributed by atoms with E-state index in [4.69, 9.17) is 16.6 Å². The molecule has 1 heterocycles. The van der Waals surface area contributed by atoms with Crippen LogP contribution in [0.25, 0.3) is 0 Å². The Morgan fingerprint density at radius 3 is 2.52 bits per heavy atom. The number of amidine groups is 1. The van der Waals surface area contributed by atoms with Crippen LogP contribution in [0.15, 0.2) is 47.5 Å². The number of benzene rings is 2. The predicted octanol–water partition coefficient (Wildman–Crippen LogP) is 4.93. The highest BCUT2D eigenvalue weighted by Crippen LogP contribution is 2.37. The lowest BCUT2D eigenvalue weighted by molar-refractivity contribution is 0.591. The van der Waals surface area contributed by atoms with E-state index in [9.17, 15) is 0 Å². The lowest BCUT2D eigenvalue weighted by atomic mass is 9.88. The van der Waals surface area contributed by atoms with Gasteiger partial charge in [-0.15, -0.1) is 12.4 Å². The van der Waals surface area contributed by atoms with Crippen LogP contribution in [0.2, 0.25) is 5.02 Å². The minimum atomic E-state index is -0.0126. The quantitative estimate of drug-likeness (QED) is 0.751. The van der Waals surface area contributed by atoms with Crippen molar-refractivity contribution in [1.82, 2.24) is 4.90 Å². The molecule has 0 aliphatic carbocycles. The van der Waals surface area contributed by atoms with Gasteiger partial charge in [-0.3, -0.25) is 4.99 Å². The molecule has 2 nitrogen and oxygen atoms in total. The van der Waals surface area contributed by atoms with E-state index in [1.165, 1.54) is 16.7 Å². The molecule has 3 rings (SSSR count). The standard InChI is InChI=1S/C19H21ClN2.ClH/c1-4-13-9-10-14-12-18(22(2)3)21-19(16(14)11-13)15-7-5-6-8-17(15)20;/h5-11,19H,4,12H2,1-3H3;1H. The zero-order chi connectivity index (χ0) is 15.7. The molecule has 1 aliphatic heterocycles. The predicted molar refractivity (Wildman–Crippen MR) is 101 cm³/mol. The third kappa shape index (κ3) is 3.54. The molecule has 2 aromatic carbocycles. The van der Waals surface area contributed by atoms with E-state index < -0.39 is 0 Å². The fourth-order valence-corrected chi connectivity index (χ4v) is 3.16. The maximum atomic E-state index is 6.44. The van der Waals surface area contributed by atoms with E-state index in [0.29, 0.717) is 0 Å². The van der Waals surface area contributed by atoms with Crippen molar-refractivity contribution < 1.29 is 0 Å². The number of halogens is 2. The van der Waals surface area contributed by atoms with Crippen LogP contribution < -0.4 is 0 Å². The molecule has 0 N–H and O–H groups in total. The Morgan fingerprint density at radius 1 is 1.13 bits per heavy atom. The summed E-state index contributed by atoms with van der Waals surface area (Å²) in [6, 6.07) is 14.8. The molecule has 1 aliphatic rings. The van der Waals surface area contributed by atoms with Gasteiger partial charge >= 0.3 is 0 Å². The van der Waals surface area contributed by atoms with Gasteiger partial charge in [-0.1, -0.05) is 54.9 Å². The molecule has 0 spiro atoms. The van der Waals surface area contributed by atoms with Crippen molar-refractivity contribution in [3.05, 3.63) is 69.7 Å². The Hall–Kier alpha value is -1.51. The van der Waals surface area contributed by atoms with Crippen molar-refractivity contribution in [3.8, 4) is 0 Å². The number of aryl methyl sites for hydroxylation is 1. The number of nitrogens with zero attached hydrogens (tertiary/aromatic N) is 2. The molecule has 1 atom stereocenters. The highest BCUT2D eigenvalue weighted by molar-refractivity contribution is 6.31. The van der Waals surface area contributed by atoms with Crippen LogP contribution >= 0.6 is 24.0 Å². The minimum Gasteiger partial charge on any atom is -0.366 e. The molecule has 122 valence electrons. The van der Waals surface area contributed by atoms with Crippen LogP contribution in [0.3, 0.4) is 0 Å². The van der Waals surface area contributed by atoms with Crippen molar-refractivity contribution >= 4 is 29.8 Å². The topological polar surface area (TPSA) is 15.6 Å². The Balaban J connectivity index is 0.00000192. The van der Waals surface area contributed by atoms with Gasteiger partial charge in [0.1, 0.15) is 11.9 Å². The van der Waals surface area contributed by atoms with E-state index in [1.807, 2.05) is 32.3 Å². The van der Waals surface area contributed by atoms with Crippen molar-refractivity contribution in [2.24, 2.45) is 4.99 Å². The second kappa shape index (κ2) is 7.37.